The maximum absolute atomic E-state index is 14.5. The quantitative estimate of drug-likeness (QED) is 0.375. The summed E-state index contributed by atoms with van der Waals surface area (Å²) < 4.78 is 19.6. The van der Waals surface area contributed by atoms with Crippen LogP contribution < -0.4 is 10.3 Å². The Hall–Kier alpha value is -4.52. The summed E-state index contributed by atoms with van der Waals surface area (Å²) >= 11 is 0. The number of anilines is 1. The number of hydrogen-bond donors (Lipinski definition) is 0. The van der Waals surface area contributed by atoms with Crippen molar-refractivity contribution in [3.63, 3.8) is 0 Å². The van der Waals surface area contributed by atoms with E-state index in [9.17, 15) is 18.8 Å². The minimum Gasteiger partial charge on any atom is -0.450 e. The molecule has 0 radical (unpaired) electrons. The van der Waals surface area contributed by atoms with E-state index in [1.54, 1.807) is 53.4 Å². The minimum absolute atomic E-state index is 0.0224. The van der Waals surface area contributed by atoms with Gasteiger partial charge in [-0.15, -0.1) is 6.58 Å². The minimum atomic E-state index is -1.70. The van der Waals surface area contributed by atoms with Gasteiger partial charge in [0.15, 0.2) is 11.0 Å². The number of amides is 2. The Morgan fingerprint density at radius 1 is 1.00 bits per heavy atom. The lowest BCUT2D eigenvalue weighted by atomic mass is 9.84. The summed E-state index contributed by atoms with van der Waals surface area (Å²) in [4.78, 5) is 45.3. The number of carbonyl (C=O) groups excluding carboxylic acids is 2. The van der Waals surface area contributed by atoms with Crippen molar-refractivity contribution >= 4 is 28.5 Å². The van der Waals surface area contributed by atoms with Crippen LogP contribution in [0.3, 0.4) is 0 Å². The van der Waals surface area contributed by atoms with Gasteiger partial charge >= 0.3 is 0 Å². The van der Waals surface area contributed by atoms with Crippen LogP contribution in [-0.4, -0.2) is 23.3 Å². The second kappa shape index (κ2) is 8.00. The summed E-state index contributed by atoms with van der Waals surface area (Å²) in [6.45, 7) is 7.76. The van der Waals surface area contributed by atoms with E-state index in [0.717, 1.165) is 11.1 Å². The predicted octanol–water partition coefficient (Wildman–Crippen LogP) is 4.98. The first kappa shape index (κ1) is 22.9. The van der Waals surface area contributed by atoms with Crippen molar-refractivity contribution in [2.24, 2.45) is 0 Å². The molecule has 184 valence electrons. The van der Waals surface area contributed by atoms with Crippen molar-refractivity contribution in [3.05, 3.63) is 123 Å². The van der Waals surface area contributed by atoms with E-state index in [4.69, 9.17) is 4.42 Å². The van der Waals surface area contributed by atoms with Crippen LogP contribution in [0.4, 0.5) is 10.1 Å². The number of benzene rings is 3. The molecule has 0 fully saturated rings. The summed E-state index contributed by atoms with van der Waals surface area (Å²) in [5.41, 5.74) is 1.84. The number of carbonyl (C=O) groups is 2. The highest BCUT2D eigenvalue weighted by Crippen LogP contribution is 2.52. The molecular weight excluding hydrogens is 471 g/mol. The van der Waals surface area contributed by atoms with Gasteiger partial charge in [0.2, 0.25) is 5.76 Å². The van der Waals surface area contributed by atoms with Gasteiger partial charge in [-0.1, -0.05) is 36.4 Å². The van der Waals surface area contributed by atoms with Crippen LogP contribution in [0.1, 0.15) is 38.4 Å². The number of hydrogen-bond acceptors (Lipinski definition) is 4. The topological polar surface area (TPSA) is 70.8 Å². The lowest BCUT2D eigenvalue weighted by molar-refractivity contribution is -0.126. The molecule has 1 aromatic heterocycles. The number of fused-ring (bicyclic) bond motifs is 5. The Kier molecular flexibility index (Phi) is 4.95. The van der Waals surface area contributed by atoms with Gasteiger partial charge in [-0.2, -0.15) is 0 Å². The van der Waals surface area contributed by atoms with Crippen LogP contribution in [0, 0.1) is 19.7 Å². The van der Waals surface area contributed by atoms with Crippen LogP contribution in [-0.2, 0) is 16.9 Å². The van der Waals surface area contributed by atoms with Crippen LogP contribution in [0.5, 0.6) is 0 Å². The van der Waals surface area contributed by atoms with Gasteiger partial charge < -0.3 is 14.2 Å². The summed E-state index contributed by atoms with van der Waals surface area (Å²) in [6, 6.07) is 16.5. The van der Waals surface area contributed by atoms with Crippen LogP contribution >= 0.6 is 0 Å². The fourth-order valence-electron chi connectivity index (χ4n) is 5.56. The molecule has 3 aromatic carbocycles. The Morgan fingerprint density at radius 2 is 1.70 bits per heavy atom. The molecule has 0 saturated heterocycles. The van der Waals surface area contributed by atoms with Gasteiger partial charge in [0.25, 0.3) is 11.8 Å². The zero-order valence-electron chi connectivity index (χ0n) is 20.4. The normalized spacial score (nSPS) is 18.1. The van der Waals surface area contributed by atoms with Crippen molar-refractivity contribution < 1.29 is 18.4 Å². The SMILES string of the molecule is C=CCN1C(=O)c2oc3cc(C)c(C)cc3c(=O)c2C12C(=O)N(Cc1ccc(F)cc1)c1ccccc12. The molecule has 1 spiro atoms. The average molecular weight is 495 g/mol. The van der Waals surface area contributed by atoms with E-state index < -0.39 is 22.8 Å². The summed E-state index contributed by atoms with van der Waals surface area (Å²) in [6.07, 6.45) is 1.53. The summed E-state index contributed by atoms with van der Waals surface area (Å²) in [5.74, 6) is -1.49. The molecule has 7 heteroatoms. The zero-order chi connectivity index (χ0) is 26.1. The monoisotopic (exact) mass is 494 g/mol. The standard InChI is InChI=1S/C30H23FN2O4/c1-4-13-33-28(35)27-25(26(34)21-14-17(2)18(3)15-24(21)37-27)30(33)22-7-5-6-8-23(22)32(29(30)36)16-19-9-11-20(31)12-10-19/h4-12,14-15H,1,13,16H2,2-3H3. The molecule has 0 saturated carbocycles. The summed E-state index contributed by atoms with van der Waals surface area (Å²) in [7, 11) is 0. The van der Waals surface area contributed by atoms with E-state index in [1.807, 2.05) is 13.8 Å². The molecule has 6 nitrogen and oxygen atoms in total. The molecule has 3 heterocycles. The first-order valence-electron chi connectivity index (χ1n) is 12.0. The smallest absolute Gasteiger partial charge is 0.291 e. The van der Waals surface area contributed by atoms with Gasteiger partial charge in [0.05, 0.1) is 23.2 Å². The molecule has 6 rings (SSSR count). The maximum Gasteiger partial charge on any atom is 0.291 e. The predicted molar refractivity (Wildman–Crippen MR) is 138 cm³/mol. The highest BCUT2D eigenvalue weighted by molar-refractivity contribution is 6.17. The van der Waals surface area contributed by atoms with Crippen molar-refractivity contribution in [3.8, 4) is 0 Å². The second-order valence-electron chi connectivity index (χ2n) is 9.52. The molecule has 1 unspecified atom stereocenters. The van der Waals surface area contributed by atoms with Gasteiger partial charge in [0, 0.05) is 12.1 Å². The molecule has 37 heavy (non-hydrogen) atoms. The van der Waals surface area contributed by atoms with E-state index >= 15 is 0 Å². The fraction of sp³-hybridized carbons (Fsp3) is 0.167. The lowest BCUT2D eigenvalue weighted by Gasteiger charge is -2.33. The Balaban J connectivity index is 1.66. The van der Waals surface area contributed by atoms with Crippen LogP contribution in [0.15, 0.2) is 82.5 Å². The zero-order valence-corrected chi connectivity index (χ0v) is 20.4. The number of rotatable bonds is 4. The van der Waals surface area contributed by atoms with E-state index in [1.165, 1.54) is 23.1 Å². The van der Waals surface area contributed by atoms with Gasteiger partial charge in [-0.3, -0.25) is 14.4 Å². The molecule has 0 bridgehead atoms. The molecule has 4 aromatic rings. The highest BCUT2D eigenvalue weighted by Gasteiger charge is 2.64. The molecule has 2 amide bonds. The largest absolute Gasteiger partial charge is 0.450 e. The molecule has 2 aliphatic heterocycles. The van der Waals surface area contributed by atoms with Crippen molar-refractivity contribution in [1.29, 1.82) is 0 Å². The van der Waals surface area contributed by atoms with E-state index in [0.29, 0.717) is 27.8 Å². The van der Waals surface area contributed by atoms with Crippen molar-refractivity contribution in [1.82, 2.24) is 4.90 Å². The van der Waals surface area contributed by atoms with E-state index in [2.05, 4.69) is 6.58 Å². The van der Waals surface area contributed by atoms with Gasteiger partial charge in [0.1, 0.15) is 11.4 Å². The molecule has 0 aliphatic carbocycles. The van der Waals surface area contributed by atoms with Crippen LogP contribution in [0.25, 0.3) is 11.0 Å². The first-order chi connectivity index (χ1) is 17.8. The first-order valence-corrected chi connectivity index (χ1v) is 12.0. The maximum atomic E-state index is 14.5. The Labute approximate surface area is 212 Å². The molecular formula is C30H23FN2O4. The van der Waals surface area contributed by atoms with Crippen molar-refractivity contribution in [2.75, 3.05) is 11.4 Å². The van der Waals surface area contributed by atoms with Crippen molar-refractivity contribution in [2.45, 2.75) is 25.9 Å². The number of halogens is 1. The summed E-state index contributed by atoms with van der Waals surface area (Å²) in [5, 5.41) is 0.316. The molecule has 0 N–H and O–H groups in total. The third kappa shape index (κ3) is 3.00. The van der Waals surface area contributed by atoms with Gasteiger partial charge in [-0.05, 0) is 60.9 Å². The fourth-order valence-corrected chi connectivity index (χ4v) is 5.56. The highest BCUT2D eigenvalue weighted by atomic mass is 19.1. The average Bonchev–Trinajstić information content (AvgIpc) is 3.27. The Morgan fingerprint density at radius 3 is 2.43 bits per heavy atom. The third-order valence-electron chi connectivity index (χ3n) is 7.42. The third-order valence-corrected chi connectivity index (χ3v) is 7.42. The molecule has 2 aliphatic rings. The number of para-hydroxylation sites is 1. The van der Waals surface area contributed by atoms with Crippen LogP contribution in [0.2, 0.25) is 0 Å². The second-order valence-corrected chi connectivity index (χ2v) is 9.52. The van der Waals surface area contributed by atoms with E-state index in [-0.39, 0.29) is 30.2 Å². The number of nitrogens with zero attached hydrogens (tertiary/aromatic N) is 2. The lowest BCUT2D eigenvalue weighted by Crippen LogP contribution is -2.53. The Bertz CT molecular complexity index is 1710. The van der Waals surface area contributed by atoms with Gasteiger partial charge in [-0.25, -0.2) is 4.39 Å². The molecule has 1 atom stereocenters. The number of aryl methyl sites for hydroxylation is 2.